The summed E-state index contributed by atoms with van der Waals surface area (Å²) in [6.45, 7) is 0.724. The summed E-state index contributed by atoms with van der Waals surface area (Å²) in [5, 5.41) is 4.04. The number of rotatable bonds is 3. The molecule has 0 aromatic heterocycles. The van der Waals surface area contributed by atoms with Gasteiger partial charge in [0.25, 0.3) is 0 Å². The Morgan fingerprint density at radius 2 is 1.72 bits per heavy atom. The summed E-state index contributed by atoms with van der Waals surface area (Å²) in [6.07, 6.45) is 0. The first kappa shape index (κ1) is 14.4. The van der Waals surface area contributed by atoms with Gasteiger partial charge in [0.2, 0.25) is 0 Å². The Morgan fingerprint density at radius 3 is 2.44 bits per heavy atom. The third-order valence-corrected chi connectivity index (χ3v) is 5.10. The highest BCUT2D eigenvalue weighted by Crippen LogP contribution is 2.27. The van der Waals surface area contributed by atoms with Gasteiger partial charge in [-0.15, -0.1) is 0 Å². The van der Waals surface area contributed by atoms with Gasteiger partial charge in [0.1, 0.15) is 0 Å². The van der Waals surface area contributed by atoms with Crippen molar-refractivity contribution >= 4 is 65.1 Å². The highest BCUT2D eigenvalue weighted by atomic mass is 79.9. The summed E-state index contributed by atoms with van der Waals surface area (Å²) >= 11 is 16.5. The molecule has 0 amide bonds. The minimum Gasteiger partial charge on any atom is -0.380 e. The first-order chi connectivity index (χ1) is 8.56. The van der Waals surface area contributed by atoms with Crippen molar-refractivity contribution in [3.63, 3.8) is 0 Å². The fourth-order valence-corrected chi connectivity index (χ4v) is 2.70. The second-order valence-corrected chi connectivity index (χ2v) is 6.76. The highest BCUT2D eigenvalue weighted by Gasteiger charge is 2.02. The quantitative estimate of drug-likeness (QED) is 0.579. The molecule has 1 nitrogen and oxygen atoms in total. The summed E-state index contributed by atoms with van der Waals surface area (Å²) in [5.74, 6) is 0. The highest BCUT2D eigenvalue weighted by molar-refractivity contribution is 9.13. The second kappa shape index (κ2) is 6.42. The van der Waals surface area contributed by atoms with Crippen LogP contribution in [0.4, 0.5) is 5.69 Å². The lowest BCUT2D eigenvalue weighted by Crippen LogP contribution is -2.00. The van der Waals surface area contributed by atoms with Gasteiger partial charge < -0.3 is 5.32 Å². The van der Waals surface area contributed by atoms with E-state index in [1.165, 1.54) is 5.56 Å². The molecule has 0 aliphatic heterocycles. The standard InChI is InChI=1S/C13H9Br3ClN/c14-9-2-4-12(17)13(6-9)18-7-8-1-3-10(15)11(16)5-8/h1-6,18H,7H2. The maximum Gasteiger partial charge on any atom is 0.0638 e. The lowest BCUT2D eigenvalue weighted by Gasteiger charge is -2.09. The summed E-state index contributed by atoms with van der Waals surface area (Å²) in [7, 11) is 0. The van der Waals surface area contributed by atoms with Gasteiger partial charge in [-0.1, -0.05) is 33.6 Å². The molecule has 0 fully saturated rings. The van der Waals surface area contributed by atoms with Crippen LogP contribution in [0.2, 0.25) is 5.02 Å². The average Bonchev–Trinajstić information content (AvgIpc) is 2.34. The van der Waals surface area contributed by atoms with Gasteiger partial charge >= 0.3 is 0 Å². The molecule has 2 aromatic rings. The summed E-state index contributed by atoms with van der Waals surface area (Å²) in [4.78, 5) is 0. The van der Waals surface area contributed by atoms with Crippen LogP contribution in [0.5, 0.6) is 0 Å². The van der Waals surface area contributed by atoms with Gasteiger partial charge in [-0.3, -0.25) is 0 Å². The number of benzene rings is 2. The van der Waals surface area contributed by atoms with Crippen LogP contribution in [0, 0.1) is 0 Å². The van der Waals surface area contributed by atoms with E-state index in [1.54, 1.807) is 0 Å². The maximum absolute atomic E-state index is 6.12. The molecule has 2 rings (SSSR count). The van der Waals surface area contributed by atoms with E-state index in [0.717, 1.165) is 30.7 Å². The van der Waals surface area contributed by atoms with Crippen molar-refractivity contribution in [1.29, 1.82) is 0 Å². The van der Waals surface area contributed by atoms with E-state index in [0.29, 0.717) is 0 Å². The Hall–Kier alpha value is -0.0300. The average molecular weight is 454 g/mol. The molecule has 0 bridgehead atoms. The van der Waals surface area contributed by atoms with Crippen LogP contribution in [0.3, 0.4) is 0 Å². The summed E-state index contributed by atoms with van der Waals surface area (Å²) < 4.78 is 3.10. The molecule has 0 saturated carbocycles. The van der Waals surface area contributed by atoms with Gasteiger partial charge in [0.15, 0.2) is 0 Å². The molecule has 0 heterocycles. The van der Waals surface area contributed by atoms with Crippen LogP contribution >= 0.6 is 59.4 Å². The molecule has 1 N–H and O–H groups in total. The van der Waals surface area contributed by atoms with Crippen molar-refractivity contribution in [3.8, 4) is 0 Å². The predicted molar refractivity (Wildman–Crippen MR) is 88.3 cm³/mol. The Balaban J connectivity index is 2.11. The van der Waals surface area contributed by atoms with E-state index in [4.69, 9.17) is 11.6 Å². The molecular formula is C13H9Br3ClN. The Bertz CT molecular complexity index is 572. The summed E-state index contributed by atoms with van der Waals surface area (Å²) in [5.41, 5.74) is 2.10. The molecule has 5 heteroatoms. The number of halogens is 4. The van der Waals surface area contributed by atoms with Crippen LogP contribution in [-0.4, -0.2) is 0 Å². The molecule has 18 heavy (non-hydrogen) atoms. The molecule has 0 unspecified atom stereocenters. The normalized spacial score (nSPS) is 10.4. The molecule has 2 aromatic carbocycles. The molecule has 0 aliphatic carbocycles. The first-order valence-electron chi connectivity index (χ1n) is 5.19. The number of nitrogens with one attached hydrogen (secondary N) is 1. The molecule has 0 saturated heterocycles. The van der Waals surface area contributed by atoms with Gasteiger partial charge in [-0.05, 0) is 67.8 Å². The fourth-order valence-electron chi connectivity index (χ4n) is 1.48. The van der Waals surface area contributed by atoms with Crippen molar-refractivity contribution in [2.75, 3.05) is 5.32 Å². The van der Waals surface area contributed by atoms with Crippen LogP contribution in [0.15, 0.2) is 49.8 Å². The summed E-state index contributed by atoms with van der Waals surface area (Å²) in [6, 6.07) is 11.9. The van der Waals surface area contributed by atoms with Crippen LogP contribution in [0.1, 0.15) is 5.56 Å². The molecule has 0 spiro atoms. The third-order valence-electron chi connectivity index (χ3n) is 2.40. The van der Waals surface area contributed by atoms with Crippen molar-refractivity contribution < 1.29 is 0 Å². The van der Waals surface area contributed by atoms with Gasteiger partial charge in [0.05, 0.1) is 10.7 Å². The number of hydrogen-bond donors (Lipinski definition) is 1. The molecule has 0 aliphatic rings. The van der Waals surface area contributed by atoms with E-state index in [2.05, 4.69) is 65.2 Å². The molecular weight excluding hydrogens is 445 g/mol. The Morgan fingerprint density at radius 1 is 0.944 bits per heavy atom. The number of anilines is 1. The van der Waals surface area contributed by atoms with Crippen molar-refractivity contribution in [3.05, 3.63) is 60.4 Å². The molecule has 94 valence electrons. The lowest BCUT2D eigenvalue weighted by atomic mass is 10.2. The fraction of sp³-hybridized carbons (Fsp3) is 0.0769. The van der Waals surface area contributed by atoms with E-state index in [1.807, 2.05) is 24.3 Å². The SMILES string of the molecule is Clc1ccc(Br)cc1NCc1ccc(Br)c(Br)c1. The zero-order valence-corrected chi connectivity index (χ0v) is 14.7. The van der Waals surface area contributed by atoms with Crippen LogP contribution in [0.25, 0.3) is 0 Å². The van der Waals surface area contributed by atoms with Crippen molar-refractivity contribution in [1.82, 2.24) is 0 Å². The minimum atomic E-state index is 0.717. The van der Waals surface area contributed by atoms with E-state index in [-0.39, 0.29) is 0 Å². The maximum atomic E-state index is 6.12. The predicted octanol–water partition coefficient (Wildman–Crippen LogP) is 6.24. The smallest absolute Gasteiger partial charge is 0.0638 e. The van der Waals surface area contributed by atoms with Crippen LogP contribution < -0.4 is 5.32 Å². The van der Waals surface area contributed by atoms with Gasteiger partial charge in [-0.25, -0.2) is 0 Å². The zero-order chi connectivity index (χ0) is 13.1. The second-order valence-electron chi connectivity index (χ2n) is 3.73. The Kier molecular flexibility index (Phi) is 5.13. The van der Waals surface area contributed by atoms with Crippen molar-refractivity contribution in [2.24, 2.45) is 0 Å². The molecule has 0 radical (unpaired) electrons. The lowest BCUT2D eigenvalue weighted by molar-refractivity contribution is 1.14. The van der Waals surface area contributed by atoms with E-state index < -0.39 is 0 Å². The first-order valence-corrected chi connectivity index (χ1v) is 7.95. The topological polar surface area (TPSA) is 12.0 Å². The van der Waals surface area contributed by atoms with Crippen molar-refractivity contribution in [2.45, 2.75) is 6.54 Å². The van der Waals surface area contributed by atoms with Gasteiger partial charge in [-0.2, -0.15) is 0 Å². The minimum absolute atomic E-state index is 0.717. The van der Waals surface area contributed by atoms with Gasteiger partial charge in [0, 0.05) is 20.0 Å². The molecule has 0 atom stereocenters. The Labute approximate surface area is 136 Å². The third kappa shape index (κ3) is 3.73. The monoisotopic (exact) mass is 451 g/mol. The largest absolute Gasteiger partial charge is 0.380 e. The zero-order valence-electron chi connectivity index (χ0n) is 9.18. The number of hydrogen-bond acceptors (Lipinski definition) is 1. The van der Waals surface area contributed by atoms with E-state index in [9.17, 15) is 0 Å². The van der Waals surface area contributed by atoms with E-state index >= 15 is 0 Å². The van der Waals surface area contributed by atoms with Crippen LogP contribution in [-0.2, 0) is 6.54 Å².